The number of rotatable bonds is 7. The Labute approximate surface area is 190 Å². The summed E-state index contributed by atoms with van der Waals surface area (Å²) in [7, 11) is 1.55. The van der Waals surface area contributed by atoms with Crippen molar-refractivity contribution in [3.05, 3.63) is 59.8 Å². The van der Waals surface area contributed by atoms with Crippen molar-refractivity contribution in [3.8, 4) is 17.4 Å². The van der Waals surface area contributed by atoms with Gasteiger partial charge in [0.05, 0.1) is 35.6 Å². The number of carbonyl (C=O) groups excluding carboxylic acids is 2. The molecule has 0 saturated heterocycles. The molecule has 170 valence electrons. The van der Waals surface area contributed by atoms with Gasteiger partial charge in [-0.2, -0.15) is 0 Å². The minimum atomic E-state index is -0.834. The first kappa shape index (κ1) is 22.3. The maximum Gasteiger partial charge on any atom is 0.515 e. The van der Waals surface area contributed by atoms with Crippen molar-refractivity contribution in [2.75, 3.05) is 7.11 Å². The molecule has 8 heteroatoms. The number of ketones is 1. The number of H-pyrrole nitrogens is 1. The molecular weight excluding hydrogens is 424 g/mol. The first-order chi connectivity index (χ1) is 15.9. The molecular formula is C25H24N2O6. The lowest BCUT2D eigenvalue weighted by Crippen LogP contribution is -2.17. The lowest BCUT2D eigenvalue weighted by Gasteiger charge is -2.12. The SMILES string of the molecule is COCc1c(OC(=O)OC(C)C)ncc2[nH]c3ccc(Oc4ccccc4C(C)=O)cc3c12. The number of methoxy groups -OCH3 is 1. The summed E-state index contributed by atoms with van der Waals surface area (Å²) in [5.74, 6) is 1.06. The summed E-state index contributed by atoms with van der Waals surface area (Å²) < 4.78 is 21.9. The molecule has 8 nitrogen and oxygen atoms in total. The summed E-state index contributed by atoms with van der Waals surface area (Å²) in [5.41, 5.74) is 2.70. The zero-order valence-electron chi connectivity index (χ0n) is 18.8. The molecule has 0 spiro atoms. The fourth-order valence-corrected chi connectivity index (χ4v) is 3.62. The Morgan fingerprint density at radius 3 is 2.61 bits per heavy atom. The summed E-state index contributed by atoms with van der Waals surface area (Å²) in [5, 5.41) is 1.62. The van der Waals surface area contributed by atoms with E-state index >= 15 is 0 Å². The second-order valence-electron chi connectivity index (χ2n) is 7.77. The number of fused-ring (bicyclic) bond motifs is 3. The predicted molar refractivity (Wildman–Crippen MR) is 123 cm³/mol. The van der Waals surface area contributed by atoms with E-state index in [1.165, 1.54) is 6.92 Å². The van der Waals surface area contributed by atoms with Crippen molar-refractivity contribution in [1.29, 1.82) is 0 Å². The van der Waals surface area contributed by atoms with Crippen LogP contribution in [0.3, 0.4) is 0 Å². The lowest BCUT2D eigenvalue weighted by atomic mass is 10.1. The quantitative estimate of drug-likeness (QED) is 0.282. The second kappa shape index (κ2) is 9.30. The number of ether oxygens (including phenoxy) is 4. The third kappa shape index (κ3) is 4.65. The number of Topliss-reactive ketones (excluding diaryl/α,β-unsaturated/α-hetero) is 1. The van der Waals surface area contributed by atoms with Crippen LogP contribution in [0.2, 0.25) is 0 Å². The van der Waals surface area contributed by atoms with Gasteiger partial charge in [-0.25, -0.2) is 9.78 Å². The Kier molecular flexibility index (Phi) is 6.28. The highest BCUT2D eigenvalue weighted by Gasteiger charge is 2.20. The standard InChI is InChI=1S/C25H24N2O6/c1-14(2)31-25(29)33-24-19(13-30-4)23-18-11-16(9-10-20(18)27-21(23)12-26-24)32-22-8-6-5-7-17(22)15(3)28/h5-12,14,27H,13H2,1-4H3. The predicted octanol–water partition coefficient (Wildman–Crippen LogP) is 5.78. The zero-order valence-corrected chi connectivity index (χ0v) is 18.8. The van der Waals surface area contributed by atoms with E-state index in [0.717, 1.165) is 21.8 Å². The van der Waals surface area contributed by atoms with Crippen LogP contribution in [0.4, 0.5) is 4.79 Å². The number of hydrogen-bond acceptors (Lipinski definition) is 7. The first-order valence-corrected chi connectivity index (χ1v) is 10.5. The van der Waals surface area contributed by atoms with E-state index in [1.54, 1.807) is 45.4 Å². The van der Waals surface area contributed by atoms with Gasteiger partial charge in [0.1, 0.15) is 11.5 Å². The summed E-state index contributed by atoms with van der Waals surface area (Å²) in [4.78, 5) is 31.6. The van der Waals surface area contributed by atoms with Gasteiger partial charge in [0.2, 0.25) is 5.88 Å². The number of nitrogens with zero attached hydrogens (tertiary/aromatic N) is 1. The molecule has 2 aromatic heterocycles. The number of hydrogen-bond donors (Lipinski definition) is 1. The van der Waals surface area contributed by atoms with Crippen LogP contribution in [-0.4, -0.2) is 35.1 Å². The number of aromatic nitrogens is 2. The third-order valence-electron chi connectivity index (χ3n) is 4.96. The maximum atomic E-state index is 12.1. The van der Waals surface area contributed by atoms with E-state index in [0.29, 0.717) is 22.6 Å². The zero-order chi connectivity index (χ0) is 23.5. The number of carbonyl (C=O) groups is 2. The van der Waals surface area contributed by atoms with E-state index in [4.69, 9.17) is 18.9 Å². The summed E-state index contributed by atoms with van der Waals surface area (Å²) in [6, 6.07) is 12.6. The van der Waals surface area contributed by atoms with Crippen molar-refractivity contribution in [2.24, 2.45) is 0 Å². The van der Waals surface area contributed by atoms with Gasteiger partial charge < -0.3 is 23.9 Å². The van der Waals surface area contributed by atoms with Gasteiger partial charge in [-0.1, -0.05) is 12.1 Å². The Balaban J connectivity index is 1.80. The monoisotopic (exact) mass is 448 g/mol. The topological polar surface area (TPSA) is 99.7 Å². The highest BCUT2D eigenvalue weighted by molar-refractivity contribution is 6.09. The fraction of sp³-hybridized carbons (Fsp3) is 0.240. The second-order valence-corrected chi connectivity index (χ2v) is 7.77. The van der Waals surface area contributed by atoms with Crippen LogP contribution in [0.25, 0.3) is 21.8 Å². The Bertz CT molecular complexity index is 1340. The molecule has 0 saturated carbocycles. The summed E-state index contributed by atoms with van der Waals surface area (Å²) in [6.07, 6.45) is 0.439. The van der Waals surface area contributed by atoms with E-state index in [1.807, 2.05) is 24.3 Å². The van der Waals surface area contributed by atoms with Gasteiger partial charge in [0.15, 0.2) is 5.78 Å². The third-order valence-corrected chi connectivity index (χ3v) is 4.96. The molecule has 2 heterocycles. The average molecular weight is 448 g/mol. The highest BCUT2D eigenvalue weighted by atomic mass is 16.7. The Morgan fingerprint density at radius 2 is 1.88 bits per heavy atom. The number of nitrogens with one attached hydrogen (secondary N) is 1. The van der Waals surface area contributed by atoms with Crippen LogP contribution in [0, 0.1) is 0 Å². The number of pyridine rings is 1. The number of aromatic amines is 1. The van der Waals surface area contributed by atoms with E-state index in [-0.39, 0.29) is 24.4 Å². The molecule has 0 radical (unpaired) electrons. The van der Waals surface area contributed by atoms with Crippen LogP contribution in [0.5, 0.6) is 17.4 Å². The Hall–Kier alpha value is -3.91. The Morgan fingerprint density at radius 1 is 1.09 bits per heavy atom. The highest BCUT2D eigenvalue weighted by Crippen LogP contribution is 2.36. The van der Waals surface area contributed by atoms with Gasteiger partial charge in [0.25, 0.3) is 0 Å². The van der Waals surface area contributed by atoms with E-state index in [9.17, 15) is 9.59 Å². The smallest absolute Gasteiger partial charge is 0.457 e. The van der Waals surface area contributed by atoms with E-state index < -0.39 is 6.16 Å². The molecule has 4 rings (SSSR count). The van der Waals surface area contributed by atoms with Crippen LogP contribution >= 0.6 is 0 Å². The van der Waals surface area contributed by atoms with Crippen LogP contribution in [0.1, 0.15) is 36.7 Å². The van der Waals surface area contributed by atoms with Gasteiger partial charge >= 0.3 is 6.16 Å². The minimum absolute atomic E-state index is 0.0812. The van der Waals surface area contributed by atoms with Crippen LogP contribution < -0.4 is 9.47 Å². The molecule has 4 aromatic rings. The largest absolute Gasteiger partial charge is 0.515 e. The van der Waals surface area contributed by atoms with E-state index in [2.05, 4.69) is 9.97 Å². The molecule has 2 aromatic carbocycles. The summed E-state index contributed by atoms with van der Waals surface area (Å²) in [6.45, 7) is 5.14. The maximum absolute atomic E-state index is 12.1. The fourth-order valence-electron chi connectivity index (χ4n) is 3.62. The van der Waals surface area contributed by atoms with Gasteiger partial charge in [-0.15, -0.1) is 0 Å². The molecule has 0 aliphatic heterocycles. The number of benzene rings is 2. The molecule has 0 aliphatic carbocycles. The van der Waals surface area contributed by atoms with Crippen molar-refractivity contribution in [1.82, 2.24) is 9.97 Å². The molecule has 0 aliphatic rings. The normalized spacial score (nSPS) is 11.2. The minimum Gasteiger partial charge on any atom is -0.457 e. The van der Waals surface area contributed by atoms with Gasteiger partial charge in [-0.05, 0) is 51.1 Å². The van der Waals surface area contributed by atoms with Crippen molar-refractivity contribution in [3.63, 3.8) is 0 Å². The molecule has 0 bridgehead atoms. The molecule has 0 fully saturated rings. The molecule has 0 atom stereocenters. The van der Waals surface area contributed by atoms with Crippen molar-refractivity contribution < 1.29 is 28.5 Å². The first-order valence-electron chi connectivity index (χ1n) is 10.5. The molecule has 0 amide bonds. The molecule has 33 heavy (non-hydrogen) atoms. The van der Waals surface area contributed by atoms with Crippen LogP contribution in [-0.2, 0) is 16.1 Å². The van der Waals surface area contributed by atoms with Crippen LogP contribution in [0.15, 0.2) is 48.7 Å². The number of para-hydroxylation sites is 1. The lowest BCUT2D eigenvalue weighted by molar-refractivity contribution is 0.0705. The summed E-state index contributed by atoms with van der Waals surface area (Å²) >= 11 is 0. The van der Waals surface area contributed by atoms with Gasteiger partial charge in [-0.3, -0.25) is 4.79 Å². The molecule has 0 unspecified atom stereocenters. The van der Waals surface area contributed by atoms with Gasteiger partial charge in [0, 0.05) is 23.4 Å². The van der Waals surface area contributed by atoms with Crippen molar-refractivity contribution >= 4 is 33.7 Å². The molecule has 1 N–H and O–H groups in total. The van der Waals surface area contributed by atoms with Crippen molar-refractivity contribution in [2.45, 2.75) is 33.5 Å². The average Bonchev–Trinajstić information content (AvgIpc) is 3.13.